The molecule has 1 atom stereocenters. The van der Waals surface area contributed by atoms with Crippen molar-refractivity contribution in [3.63, 3.8) is 0 Å². The molecule has 3 aromatic rings. The van der Waals surface area contributed by atoms with Gasteiger partial charge in [-0.25, -0.2) is 20.1 Å². The molecule has 208 valence electrons. The van der Waals surface area contributed by atoms with Crippen LogP contribution < -0.4 is 21.4 Å². The maximum absolute atomic E-state index is 13.6. The van der Waals surface area contributed by atoms with Crippen LogP contribution in [0.4, 0.5) is 11.4 Å². The van der Waals surface area contributed by atoms with Gasteiger partial charge in [0.1, 0.15) is 12.4 Å². The van der Waals surface area contributed by atoms with E-state index in [0.717, 1.165) is 0 Å². The summed E-state index contributed by atoms with van der Waals surface area (Å²) in [6.45, 7) is 0.0865. The number of carboxylic acids is 2. The van der Waals surface area contributed by atoms with Crippen molar-refractivity contribution in [2.24, 2.45) is 5.10 Å². The third-order valence-corrected chi connectivity index (χ3v) is 6.88. The minimum absolute atomic E-state index is 0.0469. The number of carboxylic acid groups (broad SMARTS) is 2. The number of halogens is 1. The zero-order chi connectivity index (χ0) is 29.1. The Morgan fingerprint density at radius 1 is 1.02 bits per heavy atom. The van der Waals surface area contributed by atoms with E-state index in [-0.39, 0.29) is 24.1 Å². The third kappa shape index (κ3) is 5.73. The number of carbonyl (C=O) groups is 4. The number of nitrogens with zero attached hydrogens (tertiary/aromatic N) is 3. The molecule has 0 spiro atoms. The molecule has 5 N–H and O–H groups in total. The van der Waals surface area contributed by atoms with Crippen molar-refractivity contribution >= 4 is 59.1 Å². The molecule has 5 rings (SSSR count). The molecule has 0 saturated heterocycles. The van der Waals surface area contributed by atoms with Gasteiger partial charge in [-0.15, -0.1) is 5.53 Å². The number of benzene rings is 3. The Labute approximate surface area is 238 Å². The lowest BCUT2D eigenvalue weighted by Crippen LogP contribution is -2.45. The fourth-order valence-corrected chi connectivity index (χ4v) is 4.93. The Balaban J connectivity index is 1.47. The summed E-state index contributed by atoms with van der Waals surface area (Å²) in [6, 6.07) is 14.2. The molecule has 0 aliphatic carbocycles. The number of amides is 2. The van der Waals surface area contributed by atoms with Gasteiger partial charge in [0.15, 0.2) is 0 Å². The Morgan fingerprint density at radius 2 is 1.80 bits per heavy atom. The predicted octanol–water partition coefficient (Wildman–Crippen LogP) is 3.29. The van der Waals surface area contributed by atoms with Crippen LogP contribution in [-0.2, 0) is 16.0 Å². The second-order valence-corrected chi connectivity index (χ2v) is 9.55. The number of nitrogens with one attached hydrogen (secondary N) is 3. The van der Waals surface area contributed by atoms with E-state index in [4.69, 9.17) is 16.7 Å². The third-order valence-electron chi connectivity index (χ3n) is 6.65. The Bertz CT molecular complexity index is 1610. The lowest BCUT2D eigenvalue weighted by atomic mass is 9.88. The maximum Gasteiger partial charge on any atom is 0.335 e. The second-order valence-electron chi connectivity index (χ2n) is 9.11. The molecule has 12 nitrogen and oxygen atoms in total. The molecule has 0 radical (unpaired) electrons. The highest BCUT2D eigenvalue weighted by atomic mass is 35.5. The minimum atomic E-state index is -1.15. The van der Waals surface area contributed by atoms with Gasteiger partial charge < -0.3 is 20.4 Å². The van der Waals surface area contributed by atoms with E-state index in [1.54, 1.807) is 35.4 Å². The summed E-state index contributed by atoms with van der Waals surface area (Å²) < 4.78 is 0. The Hall–Kier alpha value is -5.20. The van der Waals surface area contributed by atoms with Crippen molar-refractivity contribution < 1.29 is 29.4 Å². The molecule has 13 heteroatoms. The normalized spacial score (nSPS) is 15.9. The highest BCUT2D eigenvalue weighted by molar-refractivity contribution is 6.30. The van der Waals surface area contributed by atoms with Gasteiger partial charge in [0.2, 0.25) is 5.91 Å². The SMILES string of the molecule is O=C(O)c1ccc(NC(=O)C2c3cccc(C(=O)O)c3CCN2C(=O)/C=C/c2cc(Cl)ccc2N2C=NNN2)cc1. The first-order valence-electron chi connectivity index (χ1n) is 12.3. The number of fused-ring (bicyclic) bond motifs is 1. The smallest absolute Gasteiger partial charge is 0.335 e. The average molecular weight is 575 g/mol. The molecule has 1 unspecified atom stereocenters. The lowest BCUT2D eigenvalue weighted by Gasteiger charge is -2.36. The van der Waals surface area contributed by atoms with Crippen molar-refractivity contribution in [1.82, 2.24) is 16.0 Å². The van der Waals surface area contributed by atoms with Crippen LogP contribution in [0.2, 0.25) is 5.02 Å². The van der Waals surface area contributed by atoms with Gasteiger partial charge in [0.25, 0.3) is 5.91 Å². The number of hydrazine groups is 2. The summed E-state index contributed by atoms with van der Waals surface area (Å²) in [5.41, 5.74) is 7.96. The monoisotopic (exact) mass is 574 g/mol. The van der Waals surface area contributed by atoms with Gasteiger partial charge >= 0.3 is 11.9 Å². The van der Waals surface area contributed by atoms with Crippen LogP contribution in [0.5, 0.6) is 0 Å². The van der Waals surface area contributed by atoms with E-state index in [0.29, 0.717) is 33.1 Å². The zero-order valence-corrected chi connectivity index (χ0v) is 22.0. The first kappa shape index (κ1) is 27.4. The molecule has 41 heavy (non-hydrogen) atoms. The van der Waals surface area contributed by atoms with E-state index in [1.165, 1.54) is 53.7 Å². The summed E-state index contributed by atoms with van der Waals surface area (Å²) >= 11 is 6.20. The largest absolute Gasteiger partial charge is 0.478 e. The van der Waals surface area contributed by atoms with Gasteiger partial charge in [0, 0.05) is 28.9 Å². The first-order chi connectivity index (χ1) is 19.7. The predicted molar refractivity (Wildman–Crippen MR) is 151 cm³/mol. The summed E-state index contributed by atoms with van der Waals surface area (Å²) in [5, 5.41) is 27.5. The maximum atomic E-state index is 13.6. The van der Waals surface area contributed by atoms with Gasteiger partial charge in [-0.3, -0.25) is 9.59 Å². The molecular weight excluding hydrogens is 552 g/mol. The molecule has 2 amide bonds. The Kier molecular flexibility index (Phi) is 7.68. The van der Waals surface area contributed by atoms with E-state index in [1.807, 2.05) is 0 Å². The summed E-state index contributed by atoms with van der Waals surface area (Å²) in [7, 11) is 0. The topological polar surface area (TPSA) is 164 Å². The summed E-state index contributed by atoms with van der Waals surface area (Å²) in [6.07, 6.45) is 4.63. The van der Waals surface area contributed by atoms with Gasteiger partial charge in [-0.1, -0.05) is 23.7 Å². The van der Waals surface area contributed by atoms with Crippen molar-refractivity contribution in [2.75, 3.05) is 16.9 Å². The minimum Gasteiger partial charge on any atom is -0.478 e. The number of hydrogen-bond donors (Lipinski definition) is 5. The fourth-order valence-electron chi connectivity index (χ4n) is 4.75. The zero-order valence-electron chi connectivity index (χ0n) is 21.2. The van der Waals surface area contributed by atoms with Crippen molar-refractivity contribution in [3.8, 4) is 0 Å². The van der Waals surface area contributed by atoms with Crippen molar-refractivity contribution in [2.45, 2.75) is 12.5 Å². The van der Waals surface area contributed by atoms with E-state index in [9.17, 15) is 24.3 Å². The summed E-state index contributed by atoms with van der Waals surface area (Å²) in [5.74, 6) is -3.30. The van der Waals surface area contributed by atoms with Gasteiger partial charge in [-0.2, -0.15) is 5.10 Å². The first-order valence-corrected chi connectivity index (χ1v) is 12.7. The number of hydrazone groups is 1. The Morgan fingerprint density at radius 3 is 2.49 bits per heavy atom. The molecule has 3 aromatic carbocycles. The lowest BCUT2D eigenvalue weighted by molar-refractivity contribution is -0.135. The van der Waals surface area contributed by atoms with Crippen molar-refractivity contribution in [3.05, 3.63) is 99.6 Å². The van der Waals surface area contributed by atoms with E-state index in [2.05, 4.69) is 21.5 Å². The second kappa shape index (κ2) is 11.5. The van der Waals surface area contributed by atoms with E-state index < -0.39 is 29.8 Å². The number of carbonyl (C=O) groups excluding carboxylic acids is 2. The quantitative estimate of drug-likeness (QED) is 0.266. The molecule has 2 heterocycles. The number of anilines is 2. The van der Waals surface area contributed by atoms with Crippen LogP contribution in [0.25, 0.3) is 6.08 Å². The number of aromatic carboxylic acids is 2. The van der Waals surface area contributed by atoms with E-state index >= 15 is 0 Å². The fraction of sp³-hybridized carbons (Fsp3) is 0.107. The van der Waals surface area contributed by atoms with Crippen LogP contribution >= 0.6 is 11.6 Å². The van der Waals surface area contributed by atoms with Crippen molar-refractivity contribution in [1.29, 1.82) is 0 Å². The molecule has 2 aliphatic heterocycles. The molecule has 2 aliphatic rings. The molecule has 0 bridgehead atoms. The average Bonchev–Trinajstić information content (AvgIpc) is 3.50. The van der Waals surface area contributed by atoms with Crippen LogP contribution in [0.1, 0.15) is 43.4 Å². The number of hydrogen-bond acceptors (Lipinski definition) is 8. The highest BCUT2D eigenvalue weighted by Gasteiger charge is 2.37. The van der Waals surface area contributed by atoms with Crippen LogP contribution in [0.3, 0.4) is 0 Å². The van der Waals surface area contributed by atoms with Gasteiger partial charge in [-0.05, 0) is 72.2 Å². The van der Waals surface area contributed by atoms with Crippen LogP contribution in [0, 0.1) is 0 Å². The molecule has 0 saturated carbocycles. The summed E-state index contributed by atoms with van der Waals surface area (Å²) in [4.78, 5) is 51.7. The van der Waals surface area contributed by atoms with Crippen LogP contribution in [0.15, 0.2) is 71.8 Å². The molecule has 0 aromatic heterocycles. The standard InChI is InChI=1S/C28H23ClN6O6/c29-18-7-10-23(35-15-30-32-33-35)17(14-18)6-11-24(36)34-13-12-20-21(2-1-3-22(20)28(40)41)25(34)26(37)31-19-8-4-16(5-9-19)27(38)39/h1-11,14-15,25,32-33H,12-13H2,(H,31,37)(H,38,39)(H,40,41)/b11-6+. The highest BCUT2D eigenvalue weighted by Crippen LogP contribution is 2.34. The molecule has 0 fully saturated rings. The van der Waals surface area contributed by atoms with Gasteiger partial charge in [0.05, 0.1) is 16.8 Å². The van der Waals surface area contributed by atoms with Crippen LogP contribution in [-0.4, -0.2) is 51.7 Å². The molecular formula is C28H23ClN6O6. The number of rotatable bonds is 7.